The van der Waals surface area contributed by atoms with E-state index in [9.17, 15) is 19.2 Å². The van der Waals surface area contributed by atoms with Crippen molar-refractivity contribution < 1.29 is 33.8 Å². The molecule has 1 heterocycles. The SMILES string of the molecule is CCNC(=O)c1c[nH]c(C(N=CN)=Nc2cc(C(=O)N(CC)C(=O)OCOC(=O)CO)ccc2C)c1C. The zero-order chi connectivity index (χ0) is 27.5. The summed E-state index contributed by atoms with van der Waals surface area (Å²) in [5.41, 5.74) is 8.26. The van der Waals surface area contributed by atoms with Crippen molar-refractivity contribution >= 4 is 41.7 Å². The minimum atomic E-state index is -1.03. The maximum Gasteiger partial charge on any atom is 0.419 e. The van der Waals surface area contributed by atoms with Crippen LogP contribution in [0.1, 0.15) is 51.4 Å². The van der Waals surface area contributed by atoms with Crippen molar-refractivity contribution in [2.75, 3.05) is 26.5 Å². The van der Waals surface area contributed by atoms with Crippen LogP contribution < -0.4 is 11.1 Å². The van der Waals surface area contributed by atoms with Crippen LogP contribution in [0.5, 0.6) is 0 Å². The van der Waals surface area contributed by atoms with Gasteiger partial charge in [-0.25, -0.2) is 24.5 Å². The maximum atomic E-state index is 13.0. The first-order valence-corrected chi connectivity index (χ1v) is 11.3. The highest BCUT2D eigenvalue weighted by Gasteiger charge is 2.24. The molecule has 1 aromatic carbocycles. The minimum Gasteiger partial charge on any atom is -0.426 e. The van der Waals surface area contributed by atoms with E-state index in [0.717, 1.165) is 11.2 Å². The number of nitrogens with two attached hydrogens (primary N) is 1. The first-order valence-electron chi connectivity index (χ1n) is 11.3. The Kier molecular flexibility index (Phi) is 10.5. The number of ether oxygens (including phenoxy) is 2. The topological polar surface area (TPSA) is 189 Å². The van der Waals surface area contributed by atoms with E-state index in [2.05, 4.69) is 25.0 Å². The number of aliphatic imine (C=N–C) groups is 2. The van der Waals surface area contributed by atoms with Gasteiger partial charge in [0.15, 0.2) is 5.84 Å². The van der Waals surface area contributed by atoms with Gasteiger partial charge in [-0.05, 0) is 51.0 Å². The Morgan fingerprint density at radius 1 is 1.19 bits per heavy atom. The van der Waals surface area contributed by atoms with E-state index in [1.54, 1.807) is 33.0 Å². The van der Waals surface area contributed by atoms with Gasteiger partial charge >= 0.3 is 12.1 Å². The molecule has 0 saturated carbocycles. The summed E-state index contributed by atoms with van der Waals surface area (Å²) in [6, 6.07) is 4.66. The molecule has 0 unspecified atom stereocenters. The second kappa shape index (κ2) is 13.5. The van der Waals surface area contributed by atoms with Crippen LogP contribution in [0.25, 0.3) is 0 Å². The predicted molar refractivity (Wildman–Crippen MR) is 135 cm³/mol. The number of carbonyl (C=O) groups is 4. The van der Waals surface area contributed by atoms with E-state index < -0.39 is 31.4 Å². The third-order valence-electron chi connectivity index (χ3n) is 5.14. The van der Waals surface area contributed by atoms with E-state index in [4.69, 9.17) is 15.6 Å². The molecule has 0 radical (unpaired) electrons. The summed E-state index contributed by atoms with van der Waals surface area (Å²) < 4.78 is 9.27. The number of amides is 3. The number of aromatic amines is 1. The van der Waals surface area contributed by atoms with E-state index in [1.165, 1.54) is 12.1 Å². The van der Waals surface area contributed by atoms with E-state index in [-0.39, 0.29) is 23.9 Å². The van der Waals surface area contributed by atoms with Gasteiger partial charge in [-0.3, -0.25) is 9.59 Å². The summed E-state index contributed by atoms with van der Waals surface area (Å²) in [6.45, 7) is 5.73. The lowest BCUT2D eigenvalue weighted by molar-refractivity contribution is -0.155. The highest BCUT2D eigenvalue weighted by atomic mass is 16.7. The van der Waals surface area contributed by atoms with Gasteiger partial charge in [0.1, 0.15) is 6.61 Å². The molecule has 37 heavy (non-hydrogen) atoms. The van der Waals surface area contributed by atoms with Crippen molar-refractivity contribution in [2.24, 2.45) is 15.7 Å². The fraction of sp³-hybridized carbons (Fsp3) is 0.333. The number of carbonyl (C=O) groups excluding carboxylic acids is 4. The van der Waals surface area contributed by atoms with E-state index in [0.29, 0.717) is 34.6 Å². The van der Waals surface area contributed by atoms with Crippen molar-refractivity contribution in [3.05, 3.63) is 52.3 Å². The molecule has 2 rings (SSSR count). The van der Waals surface area contributed by atoms with Crippen LogP contribution in [0, 0.1) is 13.8 Å². The van der Waals surface area contributed by atoms with E-state index in [1.807, 2.05) is 6.92 Å². The molecule has 5 N–H and O–H groups in total. The Labute approximate surface area is 213 Å². The molecular weight excluding hydrogens is 484 g/mol. The lowest BCUT2D eigenvalue weighted by Gasteiger charge is -2.19. The zero-order valence-corrected chi connectivity index (χ0v) is 21.0. The maximum absolute atomic E-state index is 13.0. The monoisotopic (exact) mass is 514 g/mol. The number of hydrogen-bond acceptors (Lipinski definition) is 8. The van der Waals surface area contributed by atoms with Gasteiger partial charge in [0.2, 0.25) is 6.79 Å². The molecule has 13 heteroatoms. The van der Waals surface area contributed by atoms with E-state index >= 15 is 0 Å². The molecule has 0 fully saturated rings. The largest absolute Gasteiger partial charge is 0.426 e. The van der Waals surface area contributed by atoms with Crippen molar-refractivity contribution in [3.63, 3.8) is 0 Å². The second-order valence-corrected chi connectivity index (χ2v) is 7.53. The van der Waals surface area contributed by atoms with Crippen LogP contribution in [0.15, 0.2) is 34.4 Å². The lowest BCUT2D eigenvalue weighted by Crippen LogP contribution is -2.37. The summed E-state index contributed by atoms with van der Waals surface area (Å²) in [5.74, 6) is -1.72. The number of aliphatic hydroxyl groups excluding tert-OH is 1. The van der Waals surface area contributed by atoms with Crippen molar-refractivity contribution in [3.8, 4) is 0 Å². The van der Waals surface area contributed by atoms with Crippen molar-refractivity contribution in [2.45, 2.75) is 27.7 Å². The Bertz CT molecular complexity index is 1220. The molecule has 198 valence electrons. The number of aliphatic hydroxyl groups is 1. The molecule has 13 nitrogen and oxygen atoms in total. The molecule has 0 spiro atoms. The number of H-pyrrole nitrogens is 1. The van der Waals surface area contributed by atoms with Gasteiger partial charge in [0, 0.05) is 24.8 Å². The average molecular weight is 515 g/mol. The summed E-state index contributed by atoms with van der Waals surface area (Å²) >= 11 is 0. The quantitative estimate of drug-likeness (QED) is 0.168. The summed E-state index contributed by atoms with van der Waals surface area (Å²) in [6.07, 6.45) is 1.58. The normalized spacial score (nSPS) is 11.3. The minimum absolute atomic E-state index is 0.0227. The summed E-state index contributed by atoms with van der Waals surface area (Å²) in [4.78, 5) is 61.2. The first-order chi connectivity index (χ1) is 17.7. The fourth-order valence-electron chi connectivity index (χ4n) is 3.20. The number of hydrogen-bond donors (Lipinski definition) is 4. The number of aryl methyl sites for hydroxylation is 1. The Morgan fingerprint density at radius 3 is 2.54 bits per heavy atom. The first kappa shape index (κ1) is 28.7. The zero-order valence-electron chi connectivity index (χ0n) is 21.0. The average Bonchev–Trinajstić information content (AvgIpc) is 3.26. The molecule has 0 saturated heterocycles. The number of amidine groups is 1. The van der Waals surface area contributed by atoms with Gasteiger partial charge < -0.3 is 30.6 Å². The highest BCUT2D eigenvalue weighted by molar-refractivity contribution is 6.07. The third-order valence-corrected chi connectivity index (χ3v) is 5.14. The van der Waals surface area contributed by atoms with Crippen molar-refractivity contribution in [1.82, 2.24) is 15.2 Å². The molecule has 0 aliphatic heterocycles. The number of benzene rings is 1. The van der Waals surface area contributed by atoms with Crippen LogP contribution in [-0.2, 0) is 14.3 Å². The standard InChI is InChI=1S/C24H30N6O7/c1-5-26-22(33)17-10-27-20(15(17)4)21(28-12-25)29-18-9-16(8-7-14(18)3)23(34)30(6-2)24(35)37-13-36-19(32)11-31/h7-10,12,27,31H,5-6,11,13H2,1-4H3,(H,26,33)(H2,25,28,29). The van der Waals surface area contributed by atoms with Gasteiger partial charge in [-0.1, -0.05) is 6.07 Å². The Morgan fingerprint density at radius 2 is 1.92 bits per heavy atom. The molecular formula is C24H30N6O7. The lowest BCUT2D eigenvalue weighted by atomic mass is 10.1. The number of aromatic nitrogens is 1. The van der Waals surface area contributed by atoms with Gasteiger partial charge in [0.05, 0.1) is 23.3 Å². The number of esters is 1. The molecule has 1 aromatic heterocycles. The fourth-order valence-corrected chi connectivity index (χ4v) is 3.20. The molecule has 0 bridgehead atoms. The number of imide groups is 1. The molecule has 2 aromatic rings. The Balaban J connectivity index is 2.38. The van der Waals surface area contributed by atoms with Crippen LogP contribution in [0.3, 0.4) is 0 Å². The second-order valence-electron chi connectivity index (χ2n) is 7.53. The summed E-state index contributed by atoms with van der Waals surface area (Å²) in [7, 11) is 0. The van der Waals surface area contributed by atoms with Gasteiger partial charge in [-0.2, -0.15) is 0 Å². The van der Waals surface area contributed by atoms with Crippen molar-refractivity contribution in [1.29, 1.82) is 0 Å². The summed E-state index contributed by atoms with van der Waals surface area (Å²) in [5, 5.41) is 11.4. The van der Waals surface area contributed by atoms with Gasteiger partial charge in [0.25, 0.3) is 11.8 Å². The van der Waals surface area contributed by atoms with Crippen LogP contribution >= 0.6 is 0 Å². The van der Waals surface area contributed by atoms with Crippen LogP contribution in [-0.4, -0.2) is 77.5 Å². The number of nitrogens with one attached hydrogen (secondary N) is 2. The number of nitrogens with zero attached hydrogens (tertiary/aromatic N) is 3. The predicted octanol–water partition coefficient (Wildman–Crippen LogP) is 1.54. The smallest absolute Gasteiger partial charge is 0.419 e. The van der Waals surface area contributed by atoms with Gasteiger partial charge in [-0.15, -0.1) is 0 Å². The van der Waals surface area contributed by atoms with Crippen LogP contribution in [0.4, 0.5) is 10.5 Å². The molecule has 0 aliphatic rings. The van der Waals surface area contributed by atoms with Crippen LogP contribution in [0.2, 0.25) is 0 Å². The highest BCUT2D eigenvalue weighted by Crippen LogP contribution is 2.24. The molecule has 3 amide bonds. The number of rotatable bonds is 9. The Hall–Kier alpha value is -4.52. The molecule has 0 atom stereocenters. The molecule has 0 aliphatic carbocycles. The third kappa shape index (κ3) is 7.24.